The second-order valence-electron chi connectivity index (χ2n) is 5.17. The molecule has 6 heteroatoms. The van der Waals surface area contributed by atoms with Gasteiger partial charge in [0.2, 0.25) is 5.82 Å². The predicted octanol–water partition coefficient (Wildman–Crippen LogP) is 2.45. The number of aromatic amines is 1. The summed E-state index contributed by atoms with van der Waals surface area (Å²) < 4.78 is 5.16. The first-order valence-electron chi connectivity index (χ1n) is 7.02. The van der Waals surface area contributed by atoms with Gasteiger partial charge in [-0.1, -0.05) is 17.3 Å². The van der Waals surface area contributed by atoms with Crippen molar-refractivity contribution in [1.29, 1.82) is 0 Å². The summed E-state index contributed by atoms with van der Waals surface area (Å²) in [7, 11) is 0. The standard InChI is InChI=1S/C15H14N4O2/c20-15(19-8-1-2-9-19)14-17-13(18-21-14)11-4-3-5-12-10(11)6-7-16-12/h3-7,16H,1-2,8-9H2. The predicted molar refractivity (Wildman–Crippen MR) is 76.7 cm³/mol. The molecule has 0 atom stereocenters. The quantitative estimate of drug-likeness (QED) is 0.783. The van der Waals surface area contributed by atoms with Crippen LogP contribution >= 0.6 is 0 Å². The van der Waals surface area contributed by atoms with Gasteiger partial charge >= 0.3 is 11.8 Å². The molecule has 1 N–H and O–H groups in total. The highest BCUT2D eigenvalue weighted by Crippen LogP contribution is 2.26. The van der Waals surface area contributed by atoms with Crippen LogP contribution in [0.15, 0.2) is 35.0 Å². The molecule has 4 rings (SSSR count). The summed E-state index contributed by atoms with van der Waals surface area (Å²) in [5.74, 6) is 0.342. The van der Waals surface area contributed by atoms with Gasteiger partial charge in [0.15, 0.2) is 0 Å². The van der Waals surface area contributed by atoms with Gasteiger partial charge in [-0.3, -0.25) is 4.79 Å². The molecule has 0 spiro atoms. The molecule has 1 amide bonds. The fraction of sp³-hybridized carbons (Fsp3) is 0.267. The SMILES string of the molecule is O=C(c1nc(-c2cccc3[nH]ccc23)no1)N1CCCC1. The van der Waals surface area contributed by atoms with Crippen molar-refractivity contribution in [2.24, 2.45) is 0 Å². The number of hydrogen-bond donors (Lipinski definition) is 1. The maximum Gasteiger partial charge on any atom is 0.316 e. The summed E-state index contributed by atoms with van der Waals surface area (Å²) in [6.07, 6.45) is 3.94. The zero-order valence-electron chi connectivity index (χ0n) is 11.4. The monoisotopic (exact) mass is 282 g/mol. The Morgan fingerprint density at radius 2 is 2.10 bits per heavy atom. The number of H-pyrrole nitrogens is 1. The number of carbonyl (C=O) groups excluding carboxylic acids is 1. The molecule has 3 aromatic rings. The number of fused-ring (bicyclic) bond motifs is 1. The van der Waals surface area contributed by atoms with Crippen molar-refractivity contribution in [3.8, 4) is 11.4 Å². The number of amides is 1. The van der Waals surface area contributed by atoms with Crippen LogP contribution in [0.5, 0.6) is 0 Å². The summed E-state index contributed by atoms with van der Waals surface area (Å²) in [4.78, 5) is 21.4. The summed E-state index contributed by atoms with van der Waals surface area (Å²) in [6.45, 7) is 1.54. The number of benzene rings is 1. The van der Waals surface area contributed by atoms with E-state index in [4.69, 9.17) is 4.52 Å². The van der Waals surface area contributed by atoms with Crippen molar-refractivity contribution >= 4 is 16.8 Å². The van der Waals surface area contributed by atoms with E-state index in [0.29, 0.717) is 5.82 Å². The molecule has 21 heavy (non-hydrogen) atoms. The fourth-order valence-electron chi connectivity index (χ4n) is 2.76. The zero-order chi connectivity index (χ0) is 14.2. The second-order valence-corrected chi connectivity index (χ2v) is 5.17. The van der Waals surface area contributed by atoms with Crippen LogP contribution in [0.25, 0.3) is 22.3 Å². The second kappa shape index (κ2) is 4.73. The summed E-state index contributed by atoms with van der Waals surface area (Å²) >= 11 is 0. The number of rotatable bonds is 2. The minimum atomic E-state index is -0.174. The molecular formula is C15H14N4O2. The van der Waals surface area contributed by atoms with Crippen molar-refractivity contribution < 1.29 is 9.32 Å². The van der Waals surface area contributed by atoms with E-state index in [-0.39, 0.29) is 11.8 Å². The largest absolute Gasteiger partial charge is 0.361 e. The lowest BCUT2D eigenvalue weighted by atomic mass is 10.1. The highest BCUT2D eigenvalue weighted by Gasteiger charge is 2.25. The third kappa shape index (κ3) is 1.99. The van der Waals surface area contributed by atoms with E-state index in [1.807, 2.05) is 30.5 Å². The van der Waals surface area contributed by atoms with Crippen LogP contribution in [-0.4, -0.2) is 39.0 Å². The maximum atomic E-state index is 12.2. The molecular weight excluding hydrogens is 268 g/mol. The van der Waals surface area contributed by atoms with E-state index < -0.39 is 0 Å². The molecule has 0 unspecified atom stereocenters. The van der Waals surface area contributed by atoms with Crippen LogP contribution in [0, 0.1) is 0 Å². The molecule has 1 aliphatic heterocycles. The molecule has 106 valence electrons. The van der Waals surface area contributed by atoms with E-state index in [2.05, 4.69) is 15.1 Å². The van der Waals surface area contributed by atoms with Crippen LogP contribution in [0.3, 0.4) is 0 Å². The van der Waals surface area contributed by atoms with Crippen LogP contribution in [0.2, 0.25) is 0 Å². The molecule has 1 fully saturated rings. The van der Waals surface area contributed by atoms with Crippen molar-refractivity contribution in [1.82, 2.24) is 20.0 Å². The van der Waals surface area contributed by atoms with Gasteiger partial charge in [-0.05, 0) is 25.0 Å². The molecule has 1 saturated heterocycles. The number of carbonyl (C=O) groups is 1. The number of aromatic nitrogens is 3. The molecule has 0 radical (unpaired) electrons. The highest BCUT2D eigenvalue weighted by molar-refractivity contribution is 5.94. The Morgan fingerprint density at radius 1 is 1.24 bits per heavy atom. The van der Waals surface area contributed by atoms with Crippen LogP contribution in [-0.2, 0) is 0 Å². The molecule has 2 aromatic heterocycles. The Balaban J connectivity index is 1.71. The Morgan fingerprint density at radius 3 is 2.95 bits per heavy atom. The summed E-state index contributed by atoms with van der Waals surface area (Å²) in [6, 6.07) is 7.79. The molecule has 0 saturated carbocycles. The normalized spacial score (nSPS) is 15.0. The lowest BCUT2D eigenvalue weighted by Crippen LogP contribution is -2.27. The summed E-state index contributed by atoms with van der Waals surface area (Å²) in [5.41, 5.74) is 1.86. The number of likely N-dealkylation sites (tertiary alicyclic amines) is 1. The van der Waals surface area contributed by atoms with Gasteiger partial charge in [-0.25, -0.2) is 0 Å². The van der Waals surface area contributed by atoms with Crippen molar-refractivity contribution in [2.45, 2.75) is 12.8 Å². The molecule has 3 heterocycles. The third-order valence-corrected chi connectivity index (χ3v) is 3.84. The first-order valence-corrected chi connectivity index (χ1v) is 7.02. The highest BCUT2D eigenvalue weighted by atomic mass is 16.5. The van der Waals surface area contributed by atoms with Gasteiger partial charge in [0, 0.05) is 35.8 Å². The Kier molecular flexibility index (Phi) is 2.73. The Hall–Kier alpha value is -2.63. The van der Waals surface area contributed by atoms with Crippen molar-refractivity contribution in [2.75, 3.05) is 13.1 Å². The maximum absolute atomic E-state index is 12.2. The number of hydrogen-bond acceptors (Lipinski definition) is 4. The minimum absolute atomic E-state index is 0.0689. The number of nitrogens with zero attached hydrogens (tertiary/aromatic N) is 3. The van der Waals surface area contributed by atoms with Crippen LogP contribution < -0.4 is 0 Å². The number of nitrogens with one attached hydrogen (secondary N) is 1. The fourth-order valence-corrected chi connectivity index (χ4v) is 2.76. The lowest BCUT2D eigenvalue weighted by Gasteiger charge is -2.10. The van der Waals surface area contributed by atoms with Gasteiger partial charge in [-0.15, -0.1) is 0 Å². The van der Waals surface area contributed by atoms with E-state index in [9.17, 15) is 4.79 Å². The zero-order valence-corrected chi connectivity index (χ0v) is 11.4. The topological polar surface area (TPSA) is 75.0 Å². The van der Waals surface area contributed by atoms with E-state index in [1.54, 1.807) is 4.90 Å². The first-order chi connectivity index (χ1) is 10.3. The van der Waals surface area contributed by atoms with Gasteiger partial charge in [0.1, 0.15) is 0 Å². The van der Waals surface area contributed by atoms with Gasteiger partial charge in [-0.2, -0.15) is 4.98 Å². The van der Waals surface area contributed by atoms with Crippen molar-refractivity contribution in [3.05, 3.63) is 36.4 Å². The molecule has 0 aliphatic carbocycles. The van der Waals surface area contributed by atoms with E-state index >= 15 is 0 Å². The lowest BCUT2D eigenvalue weighted by molar-refractivity contribution is 0.0743. The minimum Gasteiger partial charge on any atom is -0.361 e. The first kappa shape index (κ1) is 12.1. The smallest absolute Gasteiger partial charge is 0.316 e. The molecule has 1 aromatic carbocycles. The third-order valence-electron chi connectivity index (χ3n) is 3.84. The van der Waals surface area contributed by atoms with Crippen molar-refractivity contribution in [3.63, 3.8) is 0 Å². The van der Waals surface area contributed by atoms with Gasteiger partial charge < -0.3 is 14.4 Å². The Bertz CT molecular complexity index is 799. The Labute approximate surface area is 120 Å². The molecule has 1 aliphatic rings. The van der Waals surface area contributed by atoms with Gasteiger partial charge in [0.05, 0.1) is 0 Å². The average Bonchev–Trinajstić information content (AvgIpc) is 3.25. The van der Waals surface area contributed by atoms with E-state index in [0.717, 1.165) is 42.4 Å². The van der Waals surface area contributed by atoms with Crippen LogP contribution in [0.4, 0.5) is 0 Å². The summed E-state index contributed by atoms with van der Waals surface area (Å²) in [5, 5.41) is 4.97. The van der Waals surface area contributed by atoms with Crippen LogP contribution in [0.1, 0.15) is 23.5 Å². The molecule has 6 nitrogen and oxygen atoms in total. The molecule has 0 bridgehead atoms. The van der Waals surface area contributed by atoms with Gasteiger partial charge in [0.25, 0.3) is 0 Å². The average molecular weight is 282 g/mol. The van der Waals surface area contributed by atoms with E-state index in [1.165, 1.54) is 0 Å².